The van der Waals surface area contributed by atoms with Gasteiger partial charge in [0.1, 0.15) is 5.75 Å². The third-order valence-electron chi connectivity index (χ3n) is 2.11. The number of carbonyl (C=O) groups is 1. The van der Waals surface area contributed by atoms with Crippen LogP contribution < -0.4 is 4.74 Å². The molecule has 0 aromatic heterocycles. The minimum atomic E-state index is -4.83. The second-order valence-electron chi connectivity index (χ2n) is 3.76. The molecule has 1 aromatic rings. The first-order chi connectivity index (χ1) is 8.70. The Morgan fingerprint density at radius 2 is 1.79 bits per heavy atom. The number of ether oxygens (including phenoxy) is 1. The maximum atomic E-state index is 12.1. The Morgan fingerprint density at radius 1 is 1.26 bits per heavy atom. The lowest BCUT2D eigenvalue weighted by Crippen LogP contribution is -2.18. The second kappa shape index (κ2) is 7.01. The Balaban J connectivity index is 0.00000154. The van der Waals surface area contributed by atoms with Crippen LogP contribution in [0, 0.1) is 0 Å². The first kappa shape index (κ1) is 17.3. The number of carboxylic acids is 1. The predicted octanol–water partition coefficient (Wildman–Crippen LogP) is 4.43. The lowest BCUT2D eigenvalue weighted by Gasteiger charge is -2.15. The first-order valence-electron chi connectivity index (χ1n) is 5.83. The summed E-state index contributed by atoms with van der Waals surface area (Å²) in [5.74, 6) is -1.96. The number of aromatic carboxylic acids is 1. The molecule has 0 unspecified atom stereocenters. The zero-order chi connectivity index (χ0) is 15.2. The molecule has 1 aromatic carbocycles. The topological polar surface area (TPSA) is 46.5 Å². The van der Waals surface area contributed by atoms with E-state index in [4.69, 9.17) is 5.11 Å². The molecule has 6 heteroatoms. The molecule has 0 atom stereocenters. The van der Waals surface area contributed by atoms with E-state index in [0.717, 1.165) is 6.07 Å². The Hall–Kier alpha value is -1.72. The molecule has 0 radical (unpaired) electrons. The third kappa shape index (κ3) is 5.63. The van der Waals surface area contributed by atoms with Gasteiger partial charge in [-0.3, -0.25) is 0 Å². The molecule has 108 valence electrons. The van der Waals surface area contributed by atoms with Crippen molar-refractivity contribution in [2.75, 3.05) is 0 Å². The molecule has 1 rings (SSSR count). The van der Waals surface area contributed by atoms with Crippen molar-refractivity contribution in [2.24, 2.45) is 0 Å². The van der Waals surface area contributed by atoms with Gasteiger partial charge in [-0.1, -0.05) is 33.8 Å². The molecule has 0 amide bonds. The number of carboxylic acid groups (broad SMARTS) is 1. The van der Waals surface area contributed by atoms with Gasteiger partial charge in [-0.15, -0.1) is 13.2 Å². The molecule has 0 fully saturated rings. The molecule has 0 saturated carbocycles. The summed E-state index contributed by atoms with van der Waals surface area (Å²) in [6.07, 6.45) is -4.83. The van der Waals surface area contributed by atoms with Crippen LogP contribution in [0.1, 0.15) is 49.5 Å². The number of rotatable bonds is 3. The smallest absolute Gasteiger partial charge is 0.478 e. The van der Waals surface area contributed by atoms with E-state index in [-0.39, 0.29) is 11.5 Å². The molecule has 19 heavy (non-hydrogen) atoms. The highest BCUT2D eigenvalue weighted by Gasteiger charge is 2.32. The van der Waals surface area contributed by atoms with E-state index in [1.165, 1.54) is 12.1 Å². The van der Waals surface area contributed by atoms with Crippen molar-refractivity contribution in [3.63, 3.8) is 0 Å². The lowest BCUT2D eigenvalue weighted by molar-refractivity contribution is -0.275. The normalized spacial score (nSPS) is 10.7. The van der Waals surface area contributed by atoms with E-state index < -0.39 is 18.1 Å². The third-order valence-corrected chi connectivity index (χ3v) is 2.11. The average Bonchev–Trinajstić information content (AvgIpc) is 2.28. The van der Waals surface area contributed by atoms with Crippen LogP contribution in [-0.2, 0) is 0 Å². The summed E-state index contributed by atoms with van der Waals surface area (Å²) < 4.78 is 40.3. The monoisotopic (exact) mass is 278 g/mol. The fourth-order valence-electron chi connectivity index (χ4n) is 1.36. The Morgan fingerprint density at radius 3 is 2.16 bits per heavy atom. The van der Waals surface area contributed by atoms with Gasteiger partial charge < -0.3 is 9.84 Å². The van der Waals surface area contributed by atoms with Crippen LogP contribution in [0.5, 0.6) is 5.75 Å². The predicted molar refractivity (Wildman–Crippen MR) is 65.5 cm³/mol. The zero-order valence-corrected chi connectivity index (χ0v) is 11.2. The largest absolute Gasteiger partial charge is 0.573 e. The van der Waals surface area contributed by atoms with Gasteiger partial charge in [-0.2, -0.15) is 0 Å². The summed E-state index contributed by atoms with van der Waals surface area (Å²) >= 11 is 0. The van der Waals surface area contributed by atoms with Crippen molar-refractivity contribution in [3.05, 3.63) is 29.3 Å². The molecule has 0 aliphatic carbocycles. The summed E-state index contributed by atoms with van der Waals surface area (Å²) in [6, 6.07) is 3.46. The van der Waals surface area contributed by atoms with E-state index in [1.54, 1.807) is 13.8 Å². The number of halogens is 3. The minimum Gasteiger partial charge on any atom is -0.478 e. The molecule has 0 bridgehead atoms. The summed E-state index contributed by atoms with van der Waals surface area (Å²) in [5, 5.41) is 8.70. The highest BCUT2D eigenvalue weighted by Crippen LogP contribution is 2.32. The molecule has 0 saturated heterocycles. The molecule has 0 aliphatic rings. The molecular weight excluding hydrogens is 261 g/mol. The van der Waals surface area contributed by atoms with Crippen molar-refractivity contribution in [2.45, 2.75) is 40.0 Å². The molecule has 0 spiro atoms. The van der Waals surface area contributed by atoms with Crippen LogP contribution in [0.25, 0.3) is 0 Å². The molecule has 1 N–H and O–H groups in total. The average molecular weight is 278 g/mol. The number of alkyl halides is 3. The van der Waals surface area contributed by atoms with Gasteiger partial charge in [0, 0.05) is 0 Å². The van der Waals surface area contributed by atoms with Crippen LogP contribution in [0.2, 0.25) is 0 Å². The first-order valence-corrected chi connectivity index (χ1v) is 5.83. The molecule has 3 nitrogen and oxygen atoms in total. The van der Waals surface area contributed by atoms with E-state index in [0.29, 0.717) is 5.56 Å². The fraction of sp³-hybridized carbons (Fsp3) is 0.462. The number of hydrogen-bond acceptors (Lipinski definition) is 2. The van der Waals surface area contributed by atoms with Gasteiger partial charge in [0.25, 0.3) is 0 Å². The van der Waals surface area contributed by atoms with Crippen LogP contribution in [0.4, 0.5) is 13.2 Å². The van der Waals surface area contributed by atoms with Crippen LogP contribution in [0.3, 0.4) is 0 Å². The van der Waals surface area contributed by atoms with Gasteiger partial charge in [0.05, 0.1) is 5.56 Å². The fourth-order valence-corrected chi connectivity index (χ4v) is 1.36. The van der Waals surface area contributed by atoms with Crippen LogP contribution >= 0.6 is 0 Å². The summed E-state index contributed by atoms with van der Waals surface area (Å²) in [7, 11) is 0. The van der Waals surface area contributed by atoms with Gasteiger partial charge in [-0.25, -0.2) is 4.79 Å². The number of hydrogen-bond donors (Lipinski definition) is 1. The SMILES string of the molecule is CC.CC(C)c1ccc(C(=O)O)cc1OC(F)(F)F. The zero-order valence-electron chi connectivity index (χ0n) is 11.2. The second-order valence-corrected chi connectivity index (χ2v) is 3.76. The maximum absolute atomic E-state index is 12.1. The van der Waals surface area contributed by atoms with Crippen molar-refractivity contribution >= 4 is 5.97 Å². The van der Waals surface area contributed by atoms with Gasteiger partial charge in [0.2, 0.25) is 0 Å². The molecule has 0 aliphatic heterocycles. The quantitative estimate of drug-likeness (QED) is 0.889. The Bertz CT molecular complexity index is 426. The van der Waals surface area contributed by atoms with Gasteiger partial charge in [0.15, 0.2) is 0 Å². The highest BCUT2D eigenvalue weighted by atomic mass is 19.4. The van der Waals surface area contributed by atoms with Crippen molar-refractivity contribution in [3.8, 4) is 5.75 Å². The summed E-state index contributed by atoms with van der Waals surface area (Å²) in [4.78, 5) is 10.7. The standard InChI is InChI=1S/C11H11F3O3.C2H6/c1-6(2)8-4-3-7(10(15)16)5-9(8)17-11(12,13)14;1-2/h3-6H,1-2H3,(H,15,16);1-2H3. The highest BCUT2D eigenvalue weighted by molar-refractivity contribution is 5.88. The van der Waals surface area contributed by atoms with Crippen molar-refractivity contribution < 1.29 is 27.8 Å². The molecule has 0 heterocycles. The summed E-state index contributed by atoms with van der Waals surface area (Å²) in [5.41, 5.74) is 0.0703. The van der Waals surface area contributed by atoms with E-state index in [1.807, 2.05) is 13.8 Å². The lowest BCUT2D eigenvalue weighted by atomic mass is 10.0. The Kier molecular flexibility index (Phi) is 6.38. The van der Waals surface area contributed by atoms with Crippen molar-refractivity contribution in [1.29, 1.82) is 0 Å². The van der Waals surface area contributed by atoms with Crippen molar-refractivity contribution in [1.82, 2.24) is 0 Å². The van der Waals surface area contributed by atoms with E-state index >= 15 is 0 Å². The van der Waals surface area contributed by atoms with E-state index in [2.05, 4.69) is 4.74 Å². The van der Waals surface area contributed by atoms with Gasteiger partial charge in [-0.05, 0) is 23.6 Å². The minimum absolute atomic E-state index is 0.199. The van der Waals surface area contributed by atoms with Crippen LogP contribution in [-0.4, -0.2) is 17.4 Å². The molecular formula is C13H17F3O3. The van der Waals surface area contributed by atoms with Gasteiger partial charge >= 0.3 is 12.3 Å². The maximum Gasteiger partial charge on any atom is 0.573 e. The van der Waals surface area contributed by atoms with E-state index in [9.17, 15) is 18.0 Å². The number of benzene rings is 1. The summed E-state index contributed by atoms with van der Waals surface area (Å²) in [6.45, 7) is 7.39. The van der Waals surface area contributed by atoms with Crippen LogP contribution in [0.15, 0.2) is 18.2 Å². The Labute approximate surface area is 110 Å².